The monoisotopic (exact) mass is 351 g/mol. The molecule has 0 fully saturated rings. The molecule has 0 aliphatic heterocycles. The minimum Gasteiger partial charge on any atom is -0.491 e. The minimum atomic E-state index is -0.264. The minimum absolute atomic E-state index is 0.0979. The van der Waals surface area contributed by atoms with E-state index in [1.807, 2.05) is 0 Å². The number of carbonyl (C=O) groups excluding carboxylic acids is 2. The summed E-state index contributed by atoms with van der Waals surface area (Å²) in [5.74, 6) is 0.164. The molecule has 0 atom stereocenters. The number of ketones is 1. The molecule has 1 amide bonds. The number of hydrogen-bond donors (Lipinski definition) is 1. The van der Waals surface area contributed by atoms with Gasteiger partial charge in [-0.3, -0.25) is 9.59 Å². The van der Waals surface area contributed by atoms with E-state index in [1.54, 1.807) is 42.5 Å². The van der Waals surface area contributed by atoms with Gasteiger partial charge in [-0.2, -0.15) is 0 Å². The lowest BCUT2D eigenvalue weighted by atomic mass is 10.1. The van der Waals surface area contributed by atoms with E-state index in [-0.39, 0.29) is 24.7 Å². The quantitative estimate of drug-likeness (QED) is 0.773. The Labute approximate surface area is 144 Å². The lowest BCUT2D eigenvalue weighted by Gasteiger charge is -2.10. The molecule has 0 saturated heterocycles. The fourth-order valence-electron chi connectivity index (χ4n) is 1.87. The van der Waals surface area contributed by atoms with E-state index >= 15 is 0 Å². The SMILES string of the molecule is CC(=O)c1ccc(Cl)c(NC(=O)CCOc2ccccc2Cl)c1. The second-order valence-corrected chi connectivity index (χ2v) is 5.64. The number of ether oxygens (including phenoxy) is 1. The number of amides is 1. The highest BCUT2D eigenvalue weighted by Crippen LogP contribution is 2.24. The Hall–Kier alpha value is -2.04. The standard InChI is InChI=1S/C17H15Cl2NO3/c1-11(21)12-6-7-13(18)15(10-12)20-17(22)8-9-23-16-5-3-2-4-14(16)19/h2-7,10H,8-9H2,1H3,(H,20,22). The Kier molecular flexibility index (Phi) is 6.02. The maximum atomic E-state index is 12.0. The van der Waals surface area contributed by atoms with Gasteiger partial charge in [-0.25, -0.2) is 0 Å². The second kappa shape index (κ2) is 7.99. The molecule has 1 N–H and O–H groups in total. The number of nitrogens with one attached hydrogen (secondary N) is 1. The number of carbonyl (C=O) groups is 2. The first-order chi connectivity index (χ1) is 11.0. The summed E-state index contributed by atoms with van der Waals surface area (Å²) in [5, 5.41) is 3.53. The maximum Gasteiger partial charge on any atom is 0.227 e. The largest absolute Gasteiger partial charge is 0.491 e. The Morgan fingerprint density at radius 2 is 1.83 bits per heavy atom. The van der Waals surface area contributed by atoms with E-state index in [2.05, 4.69) is 5.32 Å². The Morgan fingerprint density at radius 3 is 2.52 bits per heavy atom. The Bertz CT molecular complexity index is 732. The van der Waals surface area contributed by atoms with E-state index in [4.69, 9.17) is 27.9 Å². The van der Waals surface area contributed by atoms with Crippen LogP contribution in [0.1, 0.15) is 23.7 Å². The van der Waals surface area contributed by atoms with Crippen LogP contribution in [0.4, 0.5) is 5.69 Å². The Morgan fingerprint density at radius 1 is 1.09 bits per heavy atom. The van der Waals surface area contributed by atoms with Crippen LogP contribution in [0.3, 0.4) is 0 Å². The van der Waals surface area contributed by atoms with Crippen molar-refractivity contribution >= 4 is 40.6 Å². The number of anilines is 1. The van der Waals surface area contributed by atoms with Crippen molar-refractivity contribution in [3.05, 3.63) is 58.1 Å². The predicted octanol–water partition coefficient (Wildman–Crippen LogP) is 4.60. The van der Waals surface area contributed by atoms with Gasteiger partial charge in [-0.05, 0) is 37.3 Å². The number of rotatable bonds is 6. The average molecular weight is 352 g/mol. The molecule has 0 aliphatic rings. The van der Waals surface area contributed by atoms with Gasteiger partial charge in [0.05, 0.1) is 28.8 Å². The molecule has 0 aliphatic carbocycles. The number of para-hydroxylation sites is 1. The van der Waals surface area contributed by atoms with Crippen molar-refractivity contribution in [1.29, 1.82) is 0 Å². The first-order valence-electron chi connectivity index (χ1n) is 6.95. The lowest BCUT2D eigenvalue weighted by molar-refractivity contribution is -0.116. The van der Waals surface area contributed by atoms with Crippen LogP contribution in [0.2, 0.25) is 10.0 Å². The van der Waals surface area contributed by atoms with Crippen molar-refractivity contribution in [2.75, 3.05) is 11.9 Å². The van der Waals surface area contributed by atoms with Gasteiger partial charge < -0.3 is 10.1 Å². The van der Waals surface area contributed by atoms with Crippen LogP contribution in [-0.2, 0) is 4.79 Å². The molecule has 0 saturated carbocycles. The molecule has 2 rings (SSSR count). The van der Waals surface area contributed by atoms with Gasteiger partial charge in [0.1, 0.15) is 5.75 Å². The Balaban J connectivity index is 1.91. The lowest BCUT2D eigenvalue weighted by Crippen LogP contribution is -2.15. The van der Waals surface area contributed by atoms with Crippen LogP contribution in [0, 0.1) is 0 Å². The summed E-state index contributed by atoms with van der Waals surface area (Å²) in [5.41, 5.74) is 0.888. The highest BCUT2D eigenvalue weighted by Gasteiger charge is 2.09. The van der Waals surface area contributed by atoms with E-state index in [0.29, 0.717) is 27.0 Å². The van der Waals surface area contributed by atoms with Gasteiger partial charge in [0, 0.05) is 5.56 Å². The van der Waals surface area contributed by atoms with E-state index in [0.717, 1.165) is 0 Å². The van der Waals surface area contributed by atoms with Crippen LogP contribution in [0.25, 0.3) is 0 Å². The average Bonchev–Trinajstić information content (AvgIpc) is 2.51. The molecule has 0 heterocycles. The van der Waals surface area contributed by atoms with Crippen LogP contribution in [0.5, 0.6) is 5.75 Å². The normalized spacial score (nSPS) is 10.2. The molecular weight excluding hydrogens is 337 g/mol. The summed E-state index contributed by atoms with van der Waals surface area (Å²) in [6, 6.07) is 11.8. The molecule has 120 valence electrons. The molecule has 0 radical (unpaired) electrons. The van der Waals surface area contributed by atoms with Gasteiger partial charge in [-0.15, -0.1) is 0 Å². The van der Waals surface area contributed by atoms with Crippen molar-refractivity contribution in [2.24, 2.45) is 0 Å². The van der Waals surface area contributed by atoms with Gasteiger partial charge in [-0.1, -0.05) is 35.3 Å². The zero-order valence-corrected chi connectivity index (χ0v) is 13.9. The van der Waals surface area contributed by atoms with E-state index in [1.165, 1.54) is 6.92 Å². The van der Waals surface area contributed by atoms with Crippen LogP contribution in [0.15, 0.2) is 42.5 Å². The smallest absolute Gasteiger partial charge is 0.227 e. The molecule has 4 nitrogen and oxygen atoms in total. The molecule has 2 aromatic rings. The highest BCUT2D eigenvalue weighted by molar-refractivity contribution is 6.34. The van der Waals surface area contributed by atoms with Crippen molar-refractivity contribution in [2.45, 2.75) is 13.3 Å². The molecule has 0 aromatic heterocycles. The van der Waals surface area contributed by atoms with Crippen LogP contribution in [-0.4, -0.2) is 18.3 Å². The van der Waals surface area contributed by atoms with E-state index < -0.39 is 0 Å². The van der Waals surface area contributed by atoms with Crippen LogP contribution >= 0.6 is 23.2 Å². The summed E-state index contributed by atoms with van der Waals surface area (Å²) in [6.45, 7) is 1.63. The molecule has 0 unspecified atom stereocenters. The zero-order valence-electron chi connectivity index (χ0n) is 12.4. The maximum absolute atomic E-state index is 12.0. The summed E-state index contributed by atoms with van der Waals surface area (Å²) < 4.78 is 5.46. The topological polar surface area (TPSA) is 55.4 Å². The van der Waals surface area contributed by atoms with Crippen molar-refractivity contribution in [3.8, 4) is 5.75 Å². The summed E-state index contributed by atoms with van der Waals surface area (Å²) in [6.07, 6.45) is 0.131. The third kappa shape index (κ3) is 4.98. The number of Topliss-reactive ketones (excluding diaryl/α,β-unsaturated/α-hetero) is 1. The summed E-state index contributed by atoms with van der Waals surface area (Å²) in [4.78, 5) is 23.3. The molecular formula is C17H15Cl2NO3. The predicted molar refractivity (Wildman–Crippen MR) is 91.7 cm³/mol. The summed E-state index contributed by atoms with van der Waals surface area (Å²) >= 11 is 12.0. The van der Waals surface area contributed by atoms with Crippen LogP contribution < -0.4 is 10.1 Å². The first kappa shape index (κ1) is 17.3. The molecule has 0 bridgehead atoms. The number of benzene rings is 2. The van der Waals surface area contributed by atoms with Gasteiger partial charge in [0.15, 0.2) is 5.78 Å². The van der Waals surface area contributed by atoms with Gasteiger partial charge in [0.2, 0.25) is 5.91 Å². The van der Waals surface area contributed by atoms with Crippen molar-refractivity contribution in [3.63, 3.8) is 0 Å². The van der Waals surface area contributed by atoms with Gasteiger partial charge >= 0.3 is 0 Å². The van der Waals surface area contributed by atoms with Crippen molar-refractivity contribution in [1.82, 2.24) is 0 Å². The highest BCUT2D eigenvalue weighted by atomic mass is 35.5. The zero-order chi connectivity index (χ0) is 16.8. The fourth-order valence-corrected chi connectivity index (χ4v) is 2.22. The van der Waals surface area contributed by atoms with E-state index in [9.17, 15) is 9.59 Å². The fraction of sp³-hybridized carbons (Fsp3) is 0.176. The molecule has 23 heavy (non-hydrogen) atoms. The molecule has 0 spiro atoms. The summed E-state index contributed by atoms with van der Waals surface area (Å²) in [7, 11) is 0. The third-order valence-corrected chi connectivity index (χ3v) is 3.71. The molecule has 6 heteroatoms. The van der Waals surface area contributed by atoms with Crippen molar-refractivity contribution < 1.29 is 14.3 Å². The second-order valence-electron chi connectivity index (χ2n) is 4.83. The van der Waals surface area contributed by atoms with Gasteiger partial charge in [0.25, 0.3) is 0 Å². The third-order valence-electron chi connectivity index (χ3n) is 3.07. The number of hydrogen-bond acceptors (Lipinski definition) is 3. The molecule has 2 aromatic carbocycles. The number of halogens is 2. The first-order valence-corrected chi connectivity index (χ1v) is 7.70.